The third kappa shape index (κ3) is 6.32. The quantitative estimate of drug-likeness (QED) is 0.107. The van der Waals surface area contributed by atoms with Crippen LogP contribution in [0.25, 0.3) is 98.0 Å². The summed E-state index contributed by atoms with van der Waals surface area (Å²) in [6.45, 7) is 4.71. The van der Waals surface area contributed by atoms with E-state index in [1.807, 2.05) is 0 Å². The van der Waals surface area contributed by atoms with Crippen molar-refractivity contribution in [3.8, 4) is 33.4 Å². The van der Waals surface area contributed by atoms with Crippen molar-refractivity contribution < 1.29 is 0 Å². The molecule has 2 atom stereocenters. The van der Waals surface area contributed by atoms with Crippen molar-refractivity contribution in [2.24, 2.45) is 0 Å². The first kappa shape index (κ1) is 36.1. The van der Waals surface area contributed by atoms with E-state index in [1.54, 1.807) is 0 Å². The van der Waals surface area contributed by atoms with Gasteiger partial charge in [0.25, 0.3) is 0 Å². The molecular weight excluding hydrogens is 721 g/mol. The molecule has 60 heavy (non-hydrogen) atoms. The molecule has 0 fully saturated rings. The van der Waals surface area contributed by atoms with Crippen LogP contribution in [0.1, 0.15) is 49.7 Å². The Kier molecular flexibility index (Phi) is 9.01. The highest BCUT2D eigenvalue weighted by atomic mass is 14.2. The van der Waals surface area contributed by atoms with Crippen LogP contribution in [0.5, 0.6) is 0 Å². The number of benzene rings is 11. The Morgan fingerprint density at radius 1 is 0.317 bits per heavy atom. The summed E-state index contributed by atoms with van der Waals surface area (Å²) in [4.78, 5) is 0. The Morgan fingerprint density at radius 2 is 0.817 bits per heavy atom. The molecule has 0 saturated heterocycles. The van der Waals surface area contributed by atoms with Crippen LogP contribution in [0.2, 0.25) is 0 Å². The molecule has 0 aliphatic rings. The van der Waals surface area contributed by atoms with E-state index < -0.39 is 0 Å². The van der Waals surface area contributed by atoms with Crippen molar-refractivity contribution in [3.63, 3.8) is 0 Å². The van der Waals surface area contributed by atoms with Gasteiger partial charge < -0.3 is 0 Å². The number of rotatable bonds is 8. The van der Waals surface area contributed by atoms with Crippen LogP contribution in [0.15, 0.2) is 206 Å². The largest absolute Gasteiger partial charge is 0.0648 e. The Labute approximate surface area is 352 Å². The Hall–Kier alpha value is -7.02. The lowest BCUT2D eigenvalue weighted by Crippen LogP contribution is -2.03. The second kappa shape index (κ2) is 15.0. The third-order valence-electron chi connectivity index (χ3n) is 13.3. The van der Waals surface area contributed by atoms with Crippen molar-refractivity contribution in [1.29, 1.82) is 0 Å². The molecule has 11 aromatic rings. The van der Waals surface area contributed by atoms with Crippen molar-refractivity contribution in [2.45, 2.75) is 38.5 Å². The van der Waals surface area contributed by atoms with Crippen molar-refractivity contribution in [3.05, 3.63) is 217 Å². The molecule has 0 heteroatoms. The van der Waals surface area contributed by atoms with Gasteiger partial charge in [-0.15, -0.1) is 0 Å². The molecule has 11 aromatic carbocycles. The maximum Gasteiger partial charge on any atom is -0.00261 e. The molecule has 0 amide bonds. The second-order valence-corrected chi connectivity index (χ2v) is 16.8. The Morgan fingerprint density at radius 3 is 1.57 bits per heavy atom. The van der Waals surface area contributed by atoms with Gasteiger partial charge in [0.1, 0.15) is 0 Å². The van der Waals surface area contributed by atoms with Crippen LogP contribution >= 0.6 is 0 Å². The summed E-state index contributed by atoms with van der Waals surface area (Å²) in [6.07, 6.45) is 2.25. The fraction of sp³-hybridized carbons (Fsp3) is 0.100. The number of fused-ring (bicyclic) bond motifs is 7. The van der Waals surface area contributed by atoms with Crippen molar-refractivity contribution >= 4 is 64.6 Å². The summed E-state index contributed by atoms with van der Waals surface area (Å²) in [5, 5.41) is 15.3. The van der Waals surface area contributed by atoms with Gasteiger partial charge in [0, 0.05) is 0 Å². The van der Waals surface area contributed by atoms with Crippen molar-refractivity contribution in [1.82, 2.24) is 0 Å². The molecule has 0 bridgehead atoms. The van der Waals surface area contributed by atoms with Crippen LogP contribution in [0.3, 0.4) is 0 Å². The summed E-state index contributed by atoms with van der Waals surface area (Å²) in [6, 6.07) is 77.4. The van der Waals surface area contributed by atoms with E-state index in [1.165, 1.54) is 109 Å². The molecule has 0 spiro atoms. The normalized spacial score (nSPS) is 12.8. The predicted octanol–water partition coefficient (Wildman–Crippen LogP) is 17.3. The lowest BCUT2D eigenvalue weighted by atomic mass is 9.82. The number of hydrogen-bond acceptors (Lipinski definition) is 0. The lowest BCUT2D eigenvalue weighted by Gasteiger charge is -2.22. The van der Waals surface area contributed by atoms with Gasteiger partial charge in [0.05, 0.1) is 0 Å². The monoisotopic (exact) mass is 766 g/mol. The summed E-state index contributed by atoms with van der Waals surface area (Å²) >= 11 is 0. The molecule has 0 nitrogen and oxygen atoms in total. The van der Waals surface area contributed by atoms with Gasteiger partial charge in [-0.2, -0.15) is 0 Å². The van der Waals surface area contributed by atoms with Crippen LogP contribution in [0, 0.1) is 0 Å². The van der Waals surface area contributed by atoms with E-state index in [4.69, 9.17) is 0 Å². The van der Waals surface area contributed by atoms with Crippen molar-refractivity contribution in [2.75, 3.05) is 0 Å². The van der Waals surface area contributed by atoms with Gasteiger partial charge in [0.15, 0.2) is 0 Å². The zero-order chi connectivity index (χ0) is 40.2. The molecule has 11 rings (SSSR count). The van der Waals surface area contributed by atoms with Gasteiger partial charge in [-0.05, 0) is 164 Å². The van der Waals surface area contributed by atoms with Crippen LogP contribution < -0.4 is 0 Å². The lowest BCUT2D eigenvalue weighted by molar-refractivity contribution is 0.544. The van der Waals surface area contributed by atoms with E-state index in [-0.39, 0.29) is 0 Å². The fourth-order valence-electron chi connectivity index (χ4n) is 10.1. The average molecular weight is 767 g/mol. The topological polar surface area (TPSA) is 0 Å². The molecule has 0 saturated carbocycles. The molecule has 0 aliphatic carbocycles. The van der Waals surface area contributed by atoms with Crippen LogP contribution in [0.4, 0.5) is 0 Å². The highest BCUT2D eigenvalue weighted by Crippen LogP contribution is 2.46. The predicted molar refractivity (Wildman–Crippen MR) is 260 cm³/mol. The van der Waals surface area contributed by atoms with E-state index >= 15 is 0 Å². The second-order valence-electron chi connectivity index (χ2n) is 16.8. The van der Waals surface area contributed by atoms with Crippen LogP contribution in [-0.4, -0.2) is 0 Å². The summed E-state index contributed by atoms with van der Waals surface area (Å²) < 4.78 is 0. The van der Waals surface area contributed by atoms with Gasteiger partial charge >= 0.3 is 0 Å². The zero-order valence-corrected chi connectivity index (χ0v) is 34.2. The van der Waals surface area contributed by atoms with E-state index in [0.717, 1.165) is 12.8 Å². The molecule has 286 valence electrons. The highest BCUT2D eigenvalue weighted by Gasteiger charge is 2.20. The minimum atomic E-state index is 0.492. The fourth-order valence-corrected chi connectivity index (χ4v) is 10.1. The SMILES string of the molecule is CCC(CC(C)c1ccccc1)c1ccc(-c2c3ccccc3c(-c3ccc4ccc5cc6ccccc6cc5c4c3)c3ccc(-c4ccc5ccccc5c4)cc23)cc1. The minimum Gasteiger partial charge on any atom is -0.0648 e. The smallest absolute Gasteiger partial charge is 0.00261 e. The van der Waals surface area contributed by atoms with E-state index in [2.05, 4.69) is 220 Å². The highest BCUT2D eigenvalue weighted by molar-refractivity contribution is 6.23. The molecule has 0 N–H and O–H groups in total. The summed E-state index contributed by atoms with van der Waals surface area (Å²) in [7, 11) is 0. The summed E-state index contributed by atoms with van der Waals surface area (Å²) in [5.41, 5.74) is 10.4. The molecule has 2 unspecified atom stereocenters. The molecule has 0 radical (unpaired) electrons. The average Bonchev–Trinajstić information content (AvgIpc) is 3.31. The van der Waals surface area contributed by atoms with Gasteiger partial charge in [0.2, 0.25) is 0 Å². The molecule has 0 heterocycles. The minimum absolute atomic E-state index is 0.492. The van der Waals surface area contributed by atoms with E-state index in [9.17, 15) is 0 Å². The van der Waals surface area contributed by atoms with Gasteiger partial charge in [-0.25, -0.2) is 0 Å². The Balaban J connectivity index is 1.12. The molecular formula is C60H46. The number of hydrogen-bond donors (Lipinski definition) is 0. The first-order chi connectivity index (χ1) is 29.6. The van der Waals surface area contributed by atoms with E-state index in [0.29, 0.717) is 11.8 Å². The Bertz CT molecular complexity index is 3390. The summed E-state index contributed by atoms with van der Waals surface area (Å²) in [5.74, 6) is 0.990. The van der Waals surface area contributed by atoms with Crippen LogP contribution in [-0.2, 0) is 0 Å². The first-order valence-electron chi connectivity index (χ1n) is 21.6. The first-order valence-corrected chi connectivity index (χ1v) is 21.6. The zero-order valence-electron chi connectivity index (χ0n) is 34.2. The third-order valence-corrected chi connectivity index (χ3v) is 13.3. The molecule has 0 aliphatic heterocycles. The van der Waals surface area contributed by atoms with Gasteiger partial charge in [-0.3, -0.25) is 0 Å². The standard InChI is InChI=1S/C60H46/c1-3-40(33-39(2)41-13-5-4-6-14-41)43-21-26-45(27-22-43)59-53-19-11-12-20-54(53)60(55-32-31-50(37-58(55)59)49-28-23-42-15-7-8-16-46(42)34-49)52-30-25-44-24-29-51-35-47-17-9-10-18-48(47)36-57(51)56(44)38-52/h4-32,34-40H,3,33H2,1-2H3. The maximum absolute atomic E-state index is 2.46. The maximum atomic E-state index is 2.46. The van der Waals surface area contributed by atoms with Gasteiger partial charge in [-0.1, -0.05) is 190 Å². The molecule has 0 aromatic heterocycles.